The number of halogens is 1. The summed E-state index contributed by atoms with van der Waals surface area (Å²) in [6.07, 6.45) is 3.36. The zero-order valence-corrected chi connectivity index (χ0v) is 8.25. The Morgan fingerprint density at radius 1 is 1.36 bits per heavy atom. The van der Waals surface area contributed by atoms with Crippen molar-refractivity contribution in [3.05, 3.63) is 48.3 Å². The minimum Gasteiger partial charge on any atom is -0.361 e. The van der Waals surface area contributed by atoms with Crippen LogP contribution in [-0.4, -0.2) is 4.98 Å². The summed E-state index contributed by atoms with van der Waals surface area (Å²) in [4.78, 5) is 4.23. The van der Waals surface area contributed by atoms with Gasteiger partial charge < -0.3 is 5.32 Å². The van der Waals surface area contributed by atoms with E-state index in [4.69, 9.17) is 11.6 Å². The second-order valence-corrected chi connectivity index (χ2v) is 3.25. The van der Waals surface area contributed by atoms with Gasteiger partial charge in [0.05, 0.1) is 16.2 Å². The van der Waals surface area contributed by atoms with E-state index in [9.17, 15) is 0 Å². The molecule has 0 aliphatic carbocycles. The highest BCUT2D eigenvalue weighted by Gasteiger charge is 2.04. The summed E-state index contributed by atoms with van der Waals surface area (Å²) >= 11 is 6.04. The van der Waals surface area contributed by atoms with Gasteiger partial charge in [-0.2, -0.15) is 0 Å². The van der Waals surface area contributed by atoms with Crippen molar-refractivity contribution in [2.45, 2.75) is 0 Å². The molecule has 0 saturated heterocycles. The number of rotatable bonds is 2. The largest absolute Gasteiger partial charge is 0.361 e. The molecule has 3 heteroatoms. The molecule has 0 radical (unpaired) electrons. The number of pyridine rings is 1. The van der Waals surface area contributed by atoms with Crippen molar-refractivity contribution >= 4 is 28.2 Å². The van der Waals surface area contributed by atoms with Gasteiger partial charge in [-0.1, -0.05) is 18.2 Å². The fraction of sp³-hybridized carbons (Fsp3) is 0. The average molecular weight is 205 g/mol. The monoisotopic (exact) mass is 204 g/mol. The molecule has 70 valence electrons. The molecule has 0 aliphatic rings. The number of aromatic nitrogens is 1. The van der Waals surface area contributed by atoms with E-state index < -0.39 is 0 Å². The molecule has 0 saturated carbocycles. The van der Waals surface area contributed by atoms with Gasteiger partial charge in [0.15, 0.2) is 0 Å². The van der Waals surface area contributed by atoms with Gasteiger partial charge in [0.1, 0.15) is 0 Å². The number of fused-ring (bicyclic) bond motifs is 1. The Bertz CT molecular complexity index is 480. The van der Waals surface area contributed by atoms with Crippen LogP contribution in [0, 0.1) is 0 Å². The van der Waals surface area contributed by atoms with Crippen LogP contribution in [0.1, 0.15) is 0 Å². The van der Waals surface area contributed by atoms with E-state index in [1.54, 1.807) is 12.4 Å². The number of hydrogen-bond donors (Lipinski definition) is 1. The number of hydrogen-bond acceptors (Lipinski definition) is 2. The highest BCUT2D eigenvalue weighted by atomic mass is 35.5. The molecule has 0 fully saturated rings. The molecule has 0 amide bonds. The first-order valence-electron chi connectivity index (χ1n) is 4.23. The van der Waals surface area contributed by atoms with Gasteiger partial charge >= 0.3 is 0 Å². The third kappa shape index (κ3) is 1.44. The lowest BCUT2D eigenvalue weighted by atomic mass is 10.2. The van der Waals surface area contributed by atoms with Crippen molar-refractivity contribution in [1.82, 2.24) is 4.98 Å². The summed E-state index contributed by atoms with van der Waals surface area (Å²) in [5.41, 5.74) is 1.77. The van der Waals surface area contributed by atoms with E-state index in [-0.39, 0.29) is 0 Å². The van der Waals surface area contributed by atoms with Crippen LogP contribution in [0.4, 0.5) is 5.69 Å². The van der Waals surface area contributed by atoms with Crippen LogP contribution in [0.3, 0.4) is 0 Å². The van der Waals surface area contributed by atoms with Gasteiger partial charge in [-0.25, -0.2) is 0 Å². The van der Waals surface area contributed by atoms with E-state index in [0.29, 0.717) is 5.02 Å². The molecule has 2 nitrogen and oxygen atoms in total. The van der Waals surface area contributed by atoms with E-state index in [0.717, 1.165) is 16.6 Å². The van der Waals surface area contributed by atoms with Gasteiger partial charge in [-0.15, -0.1) is 0 Å². The van der Waals surface area contributed by atoms with Gasteiger partial charge in [0.2, 0.25) is 0 Å². The number of anilines is 1. The highest BCUT2D eigenvalue weighted by Crippen LogP contribution is 2.29. The van der Waals surface area contributed by atoms with Gasteiger partial charge in [-0.3, -0.25) is 4.98 Å². The number of nitrogens with zero attached hydrogens (tertiary/aromatic N) is 1. The van der Waals surface area contributed by atoms with Gasteiger partial charge in [0, 0.05) is 11.6 Å². The molecule has 14 heavy (non-hydrogen) atoms. The third-order valence-electron chi connectivity index (χ3n) is 1.98. The maximum atomic E-state index is 6.04. The second kappa shape index (κ2) is 3.68. The summed E-state index contributed by atoms with van der Waals surface area (Å²) < 4.78 is 0. The highest BCUT2D eigenvalue weighted by molar-refractivity contribution is 6.34. The van der Waals surface area contributed by atoms with Crippen molar-refractivity contribution in [2.24, 2.45) is 0 Å². The van der Waals surface area contributed by atoms with Crippen LogP contribution in [-0.2, 0) is 0 Å². The Hall–Kier alpha value is -1.54. The van der Waals surface area contributed by atoms with Crippen LogP contribution in [0.25, 0.3) is 10.9 Å². The fourth-order valence-electron chi connectivity index (χ4n) is 1.37. The minimum atomic E-state index is 0.672. The fourth-order valence-corrected chi connectivity index (χ4v) is 1.59. The molecule has 2 rings (SSSR count). The topological polar surface area (TPSA) is 24.9 Å². The van der Waals surface area contributed by atoms with Crippen LogP contribution in [0.5, 0.6) is 0 Å². The Balaban J connectivity index is 2.75. The maximum absolute atomic E-state index is 6.04. The van der Waals surface area contributed by atoms with Crippen molar-refractivity contribution in [1.29, 1.82) is 0 Å². The Morgan fingerprint density at radius 2 is 2.21 bits per heavy atom. The third-order valence-corrected chi connectivity index (χ3v) is 2.30. The van der Waals surface area contributed by atoms with Crippen molar-refractivity contribution in [3.63, 3.8) is 0 Å². The average Bonchev–Trinajstić information content (AvgIpc) is 2.23. The van der Waals surface area contributed by atoms with Crippen molar-refractivity contribution in [3.8, 4) is 0 Å². The zero-order valence-electron chi connectivity index (χ0n) is 7.50. The summed E-state index contributed by atoms with van der Waals surface area (Å²) in [6, 6.07) is 7.57. The number of nitrogens with one attached hydrogen (secondary N) is 1. The van der Waals surface area contributed by atoms with Crippen LogP contribution in [0.2, 0.25) is 5.02 Å². The molecule has 0 aliphatic heterocycles. The predicted octanol–water partition coefficient (Wildman–Crippen LogP) is 3.44. The van der Waals surface area contributed by atoms with Crippen LogP contribution < -0.4 is 5.32 Å². The zero-order chi connectivity index (χ0) is 9.97. The Labute approximate surface area is 87.2 Å². The van der Waals surface area contributed by atoms with E-state index in [2.05, 4.69) is 16.9 Å². The summed E-state index contributed by atoms with van der Waals surface area (Å²) in [5.74, 6) is 0. The first-order valence-corrected chi connectivity index (χ1v) is 4.61. The van der Waals surface area contributed by atoms with Crippen molar-refractivity contribution < 1.29 is 0 Å². The van der Waals surface area contributed by atoms with E-state index >= 15 is 0 Å². The molecule has 1 N–H and O–H groups in total. The van der Waals surface area contributed by atoms with Crippen LogP contribution >= 0.6 is 11.6 Å². The smallest absolute Gasteiger partial charge is 0.0723 e. The van der Waals surface area contributed by atoms with Gasteiger partial charge in [-0.05, 0) is 30.5 Å². The second-order valence-electron chi connectivity index (χ2n) is 2.84. The van der Waals surface area contributed by atoms with Crippen molar-refractivity contribution in [2.75, 3.05) is 5.32 Å². The lowest BCUT2D eigenvalue weighted by Gasteiger charge is -2.07. The summed E-state index contributed by atoms with van der Waals surface area (Å²) in [6.45, 7) is 3.61. The first-order chi connectivity index (χ1) is 6.83. The molecule has 1 aromatic carbocycles. The lowest BCUT2D eigenvalue weighted by Crippen LogP contribution is -1.90. The first kappa shape index (κ1) is 9.03. The summed E-state index contributed by atoms with van der Waals surface area (Å²) in [5, 5.41) is 4.68. The Kier molecular flexibility index (Phi) is 2.37. The van der Waals surface area contributed by atoms with E-state index in [1.165, 1.54) is 0 Å². The molecule has 0 unspecified atom stereocenters. The standard InChI is InChI=1S/C11H9ClN2/c1-2-13-11-8-4-3-7-14-10(8)6-5-9(11)12/h2-7,13H,1H2. The molecule has 2 aromatic rings. The normalized spacial score (nSPS) is 10.1. The summed E-state index contributed by atoms with van der Waals surface area (Å²) in [7, 11) is 0. The molecule has 1 aromatic heterocycles. The Morgan fingerprint density at radius 3 is 3.00 bits per heavy atom. The molecule has 1 heterocycles. The minimum absolute atomic E-state index is 0.672. The van der Waals surface area contributed by atoms with E-state index in [1.807, 2.05) is 24.3 Å². The molecule has 0 bridgehead atoms. The maximum Gasteiger partial charge on any atom is 0.0723 e. The molecule has 0 atom stereocenters. The quantitative estimate of drug-likeness (QED) is 0.811. The molecular weight excluding hydrogens is 196 g/mol. The van der Waals surface area contributed by atoms with Gasteiger partial charge in [0.25, 0.3) is 0 Å². The lowest BCUT2D eigenvalue weighted by molar-refractivity contribution is 1.41. The molecular formula is C11H9ClN2. The van der Waals surface area contributed by atoms with Crippen LogP contribution in [0.15, 0.2) is 43.2 Å². The molecule has 0 spiro atoms. The predicted molar refractivity (Wildman–Crippen MR) is 60.6 cm³/mol. The number of benzene rings is 1. The SMILES string of the molecule is C=CNc1c(Cl)ccc2ncccc12.